The lowest BCUT2D eigenvalue weighted by Crippen LogP contribution is -2.13. The first-order valence-electron chi connectivity index (χ1n) is 9.66. The second-order valence-electron chi connectivity index (χ2n) is 7.07. The Labute approximate surface area is 200 Å². The van der Waals surface area contributed by atoms with Crippen LogP contribution in [-0.2, 0) is 11.3 Å². The zero-order valence-corrected chi connectivity index (χ0v) is 18.9. The molecule has 7 heteroatoms. The highest BCUT2D eigenvalue weighted by molar-refractivity contribution is 6.42. The number of rotatable bonds is 5. The highest BCUT2D eigenvalue weighted by atomic mass is 35.5. The van der Waals surface area contributed by atoms with Gasteiger partial charge in [-0.25, -0.2) is 0 Å². The van der Waals surface area contributed by atoms with Crippen LogP contribution in [0, 0.1) is 11.3 Å². The molecule has 0 aliphatic heterocycles. The smallest absolute Gasteiger partial charge is 0.266 e. The maximum absolute atomic E-state index is 12.7. The van der Waals surface area contributed by atoms with Gasteiger partial charge < -0.3 is 9.88 Å². The summed E-state index contributed by atoms with van der Waals surface area (Å²) >= 11 is 18.3. The summed E-state index contributed by atoms with van der Waals surface area (Å²) < 4.78 is 2.05. The maximum Gasteiger partial charge on any atom is 0.266 e. The number of halogens is 3. The molecule has 1 aromatic heterocycles. The molecule has 1 amide bonds. The molecule has 32 heavy (non-hydrogen) atoms. The van der Waals surface area contributed by atoms with Gasteiger partial charge in [-0.2, -0.15) is 5.26 Å². The number of carbonyl (C=O) groups is 1. The van der Waals surface area contributed by atoms with E-state index in [4.69, 9.17) is 34.8 Å². The normalized spacial score (nSPS) is 11.4. The van der Waals surface area contributed by atoms with E-state index >= 15 is 0 Å². The molecule has 3 aromatic carbocycles. The van der Waals surface area contributed by atoms with Crippen LogP contribution in [0.5, 0.6) is 0 Å². The number of carbonyl (C=O) groups excluding carboxylic acids is 1. The van der Waals surface area contributed by atoms with Gasteiger partial charge in [-0.05, 0) is 42.0 Å². The average Bonchev–Trinajstić information content (AvgIpc) is 3.13. The third-order valence-electron chi connectivity index (χ3n) is 4.96. The van der Waals surface area contributed by atoms with Gasteiger partial charge in [0.05, 0.1) is 10.0 Å². The van der Waals surface area contributed by atoms with E-state index in [0.717, 1.165) is 22.0 Å². The standard InChI is InChI=1S/C25H16Cl3N3O/c26-21-7-3-1-5-16(21)14-31-15-18(20-6-2-4-8-24(20)31)11-17(13-29)25(32)30-19-9-10-22(27)23(28)12-19/h1-12,15H,14H2,(H,30,32)/b17-11+. The van der Waals surface area contributed by atoms with E-state index in [9.17, 15) is 10.1 Å². The van der Waals surface area contributed by atoms with Crippen molar-refractivity contribution in [3.8, 4) is 6.07 Å². The molecule has 0 aliphatic carbocycles. The van der Waals surface area contributed by atoms with Crippen molar-refractivity contribution in [1.29, 1.82) is 5.26 Å². The third-order valence-corrected chi connectivity index (χ3v) is 6.07. The number of nitrogens with zero attached hydrogens (tertiary/aromatic N) is 2. The van der Waals surface area contributed by atoms with Crippen molar-refractivity contribution in [3.05, 3.63) is 105 Å². The second kappa shape index (κ2) is 9.50. The monoisotopic (exact) mass is 479 g/mol. The maximum atomic E-state index is 12.7. The molecule has 0 atom stereocenters. The number of benzene rings is 3. The van der Waals surface area contributed by atoms with Crippen LogP contribution in [0.3, 0.4) is 0 Å². The van der Waals surface area contributed by atoms with E-state index in [2.05, 4.69) is 5.32 Å². The molecule has 158 valence electrons. The van der Waals surface area contributed by atoms with Crippen LogP contribution >= 0.6 is 34.8 Å². The summed E-state index contributed by atoms with van der Waals surface area (Å²) in [4.78, 5) is 12.7. The minimum atomic E-state index is -0.533. The molecule has 0 bridgehead atoms. The predicted octanol–water partition coefficient (Wildman–Crippen LogP) is 7.20. The molecule has 0 fully saturated rings. The molecule has 0 saturated heterocycles. The lowest BCUT2D eigenvalue weighted by Gasteiger charge is -2.07. The van der Waals surface area contributed by atoms with Gasteiger partial charge in [0, 0.05) is 39.9 Å². The van der Waals surface area contributed by atoms with Crippen molar-refractivity contribution in [2.45, 2.75) is 6.54 Å². The van der Waals surface area contributed by atoms with E-state index in [-0.39, 0.29) is 5.57 Å². The van der Waals surface area contributed by atoms with E-state index in [1.165, 1.54) is 6.07 Å². The number of nitriles is 1. The molecule has 0 unspecified atom stereocenters. The van der Waals surface area contributed by atoms with Crippen LogP contribution in [-0.4, -0.2) is 10.5 Å². The minimum Gasteiger partial charge on any atom is -0.342 e. The van der Waals surface area contributed by atoms with Crippen LogP contribution in [0.2, 0.25) is 15.1 Å². The number of nitrogens with one attached hydrogen (secondary N) is 1. The molecule has 0 saturated carbocycles. The van der Waals surface area contributed by atoms with Gasteiger partial charge in [-0.15, -0.1) is 0 Å². The largest absolute Gasteiger partial charge is 0.342 e. The first kappa shape index (κ1) is 22.0. The van der Waals surface area contributed by atoms with Crippen LogP contribution in [0.1, 0.15) is 11.1 Å². The van der Waals surface area contributed by atoms with Crippen molar-refractivity contribution in [2.24, 2.45) is 0 Å². The quantitative estimate of drug-likeness (QED) is 0.243. The zero-order valence-electron chi connectivity index (χ0n) is 16.6. The van der Waals surface area contributed by atoms with Crippen LogP contribution in [0.25, 0.3) is 17.0 Å². The van der Waals surface area contributed by atoms with Gasteiger partial charge in [0.25, 0.3) is 5.91 Å². The van der Waals surface area contributed by atoms with Gasteiger partial charge in [-0.1, -0.05) is 71.2 Å². The van der Waals surface area contributed by atoms with Crippen molar-refractivity contribution in [2.75, 3.05) is 5.32 Å². The highest BCUT2D eigenvalue weighted by Crippen LogP contribution is 2.27. The number of anilines is 1. The van der Waals surface area contributed by atoms with Crippen LogP contribution in [0.4, 0.5) is 5.69 Å². The number of hydrogen-bond donors (Lipinski definition) is 1. The molecular weight excluding hydrogens is 465 g/mol. The first-order chi connectivity index (χ1) is 15.5. The number of para-hydroxylation sites is 1. The van der Waals surface area contributed by atoms with Crippen molar-refractivity contribution in [3.63, 3.8) is 0 Å². The summed E-state index contributed by atoms with van der Waals surface area (Å²) in [6.07, 6.45) is 3.50. The summed E-state index contributed by atoms with van der Waals surface area (Å²) in [6.45, 7) is 0.561. The molecule has 0 aliphatic rings. The number of hydrogen-bond acceptors (Lipinski definition) is 2. The summed E-state index contributed by atoms with van der Waals surface area (Å²) in [5, 5.41) is 14.6. The van der Waals surface area contributed by atoms with Gasteiger partial charge in [0.2, 0.25) is 0 Å². The van der Waals surface area contributed by atoms with E-state index in [0.29, 0.717) is 27.3 Å². The van der Waals surface area contributed by atoms with Gasteiger partial charge in [-0.3, -0.25) is 4.79 Å². The fourth-order valence-corrected chi connectivity index (χ4v) is 3.90. The van der Waals surface area contributed by atoms with E-state index in [1.807, 2.05) is 65.4 Å². The summed E-state index contributed by atoms with van der Waals surface area (Å²) in [7, 11) is 0. The molecule has 4 nitrogen and oxygen atoms in total. The molecule has 4 rings (SSSR count). The predicted molar refractivity (Wildman–Crippen MR) is 131 cm³/mol. The number of amides is 1. The summed E-state index contributed by atoms with van der Waals surface area (Å²) in [5.41, 5.74) is 3.13. The molecule has 0 spiro atoms. The fraction of sp³-hybridized carbons (Fsp3) is 0.0400. The third kappa shape index (κ3) is 4.66. The average molecular weight is 481 g/mol. The molecule has 1 N–H and O–H groups in total. The number of aromatic nitrogens is 1. The second-order valence-corrected chi connectivity index (χ2v) is 8.30. The Hall–Kier alpha value is -3.23. The number of fused-ring (bicyclic) bond motifs is 1. The Morgan fingerprint density at radius 3 is 2.47 bits per heavy atom. The zero-order chi connectivity index (χ0) is 22.7. The van der Waals surface area contributed by atoms with Crippen LogP contribution < -0.4 is 5.32 Å². The first-order valence-corrected chi connectivity index (χ1v) is 10.8. The lowest BCUT2D eigenvalue weighted by atomic mass is 10.1. The fourth-order valence-electron chi connectivity index (χ4n) is 3.41. The van der Waals surface area contributed by atoms with Gasteiger partial charge >= 0.3 is 0 Å². The Bertz CT molecular complexity index is 1400. The lowest BCUT2D eigenvalue weighted by molar-refractivity contribution is -0.112. The van der Waals surface area contributed by atoms with Crippen molar-refractivity contribution >= 4 is 63.4 Å². The SMILES string of the molecule is N#C/C(=C\c1cn(Cc2ccccc2Cl)c2ccccc12)C(=O)Nc1ccc(Cl)c(Cl)c1. The summed E-state index contributed by atoms with van der Waals surface area (Å²) in [5.74, 6) is -0.533. The van der Waals surface area contributed by atoms with E-state index < -0.39 is 5.91 Å². The highest BCUT2D eigenvalue weighted by Gasteiger charge is 2.14. The van der Waals surface area contributed by atoms with Crippen LogP contribution in [0.15, 0.2) is 78.5 Å². The topological polar surface area (TPSA) is 57.8 Å². The Kier molecular flexibility index (Phi) is 6.53. The van der Waals surface area contributed by atoms with Crippen molar-refractivity contribution in [1.82, 2.24) is 4.57 Å². The Morgan fingerprint density at radius 1 is 0.969 bits per heavy atom. The Balaban J connectivity index is 1.68. The molecule has 1 heterocycles. The van der Waals surface area contributed by atoms with Crippen molar-refractivity contribution < 1.29 is 4.79 Å². The molecular formula is C25H16Cl3N3O. The Morgan fingerprint density at radius 2 is 1.72 bits per heavy atom. The minimum absolute atomic E-state index is 0.0308. The molecule has 0 radical (unpaired) electrons. The van der Waals surface area contributed by atoms with Gasteiger partial charge in [0.15, 0.2) is 0 Å². The van der Waals surface area contributed by atoms with E-state index in [1.54, 1.807) is 18.2 Å². The molecule has 4 aromatic rings. The summed E-state index contributed by atoms with van der Waals surface area (Å²) in [6, 6.07) is 22.2. The van der Waals surface area contributed by atoms with Gasteiger partial charge in [0.1, 0.15) is 11.6 Å².